The van der Waals surface area contributed by atoms with Crippen LogP contribution in [-0.4, -0.2) is 27.0 Å². The number of nitrogens with zero attached hydrogens (tertiary/aromatic N) is 2. The Kier molecular flexibility index (Phi) is 3.86. The molecule has 98 valence electrons. The zero-order valence-electron chi connectivity index (χ0n) is 10.1. The van der Waals surface area contributed by atoms with Crippen LogP contribution in [0.4, 0.5) is 0 Å². The molecule has 0 radical (unpaired) electrons. The molecular weight excluding hydrogens is 266 g/mol. The molecule has 7 heteroatoms. The Morgan fingerprint density at radius 1 is 1.37 bits per heavy atom. The van der Waals surface area contributed by atoms with Crippen LogP contribution in [0.15, 0.2) is 24.5 Å². The second-order valence-electron chi connectivity index (χ2n) is 3.75. The van der Waals surface area contributed by atoms with E-state index in [4.69, 9.17) is 5.11 Å². The first-order chi connectivity index (χ1) is 9.08. The number of hydrogen-bond acceptors (Lipinski definition) is 5. The number of pyridine rings is 1. The number of thiazole rings is 1. The quantitative estimate of drug-likeness (QED) is 0.883. The van der Waals surface area contributed by atoms with E-state index in [0.29, 0.717) is 16.3 Å². The number of carboxylic acid groups (broad SMARTS) is 1. The molecule has 0 spiro atoms. The van der Waals surface area contributed by atoms with Crippen LogP contribution in [-0.2, 0) is 6.54 Å². The first-order valence-electron chi connectivity index (χ1n) is 5.45. The van der Waals surface area contributed by atoms with E-state index >= 15 is 0 Å². The number of carboxylic acids is 1. The Hall–Kier alpha value is -2.28. The largest absolute Gasteiger partial charge is 0.477 e. The lowest BCUT2D eigenvalue weighted by molar-refractivity contribution is 0.0701. The minimum absolute atomic E-state index is 0.202. The average molecular weight is 277 g/mol. The van der Waals surface area contributed by atoms with Gasteiger partial charge in [0.15, 0.2) is 0 Å². The molecule has 2 N–H and O–H groups in total. The molecule has 0 unspecified atom stereocenters. The Morgan fingerprint density at radius 2 is 2.05 bits per heavy atom. The minimum Gasteiger partial charge on any atom is -0.477 e. The molecule has 2 aromatic heterocycles. The van der Waals surface area contributed by atoms with Crippen LogP contribution in [0.5, 0.6) is 0 Å². The zero-order chi connectivity index (χ0) is 13.8. The van der Waals surface area contributed by atoms with Gasteiger partial charge in [0.25, 0.3) is 5.91 Å². The molecule has 0 aliphatic carbocycles. The van der Waals surface area contributed by atoms with E-state index in [9.17, 15) is 9.59 Å². The summed E-state index contributed by atoms with van der Waals surface area (Å²) in [4.78, 5) is 30.8. The second-order valence-corrected chi connectivity index (χ2v) is 4.83. The molecule has 2 heterocycles. The highest BCUT2D eigenvalue weighted by molar-refractivity contribution is 7.13. The lowest BCUT2D eigenvalue weighted by Gasteiger charge is -2.02. The Balaban J connectivity index is 2.01. The van der Waals surface area contributed by atoms with Crippen molar-refractivity contribution < 1.29 is 14.7 Å². The lowest BCUT2D eigenvalue weighted by Crippen LogP contribution is -2.22. The summed E-state index contributed by atoms with van der Waals surface area (Å²) in [5, 5.41) is 12.2. The maximum Gasteiger partial charge on any atom is 0.347 e. The van der Waals surface area contributed by atoms with Gasteiger partial charge in [0, 0.05) is 18.0 Å². The molecule has 0 aromatic carbocycles. The fourth-order valence-electron chi connectivity index (χ4n) is 1.49. The molecule has 0 fully saturated rings. The monoisotopic (exact) mass is 277 g/mol. The number of carbonyl (C=O) groups excluding carboxylic acids is 1. The molecule has 0 bridgehead atoms. The SMILES string of the molecule is Cc1nc(CNC(=O)c2ccncc2)sc1C(=O)O. The Labute approximate surface area is 113 Å². The van der Waals surface area contributed by atoms with E-state index < -0.39 is 5.97 Å². The zero-order valence-corrected chi connectivity index (χ0v) is 10.9. The standard InChI is InChI=1S/C12H11N3O3S/c1-7-10(12(17)18)19-9(15-7)6-14-11(16)8-2-4-13-5-3-8/h2-5H,6H2,1H3,(H,14,16)(H,17,18). The smallest absolute Gasteiger partial charge is 0.347 e. The van der Waals surface area contributed by atoms with E-state index in [0.717, 1.165) is 11.3 Å². The van der Waals surface area contributed by atoms with Crippen LogP contribution >= 0.6 is 11.3 Å². The molecule has 0 aliphatic heterocycles. The van der Waals surface area contributed by atoms with Gasteiger partial charge in [0.1, 0.15) is 9.88 Å². The number of hydrogen-bond donors (Lipinski definition) is 2. The molecule has 6 nitrogen and oxygen atoms in total. The van der Waals surface area contributed by atoms with Gasteiger partial charge < -0.3 is 10.4 Å². The molecule has 0 aliphatic rings. The number of nitrogens with one attached hydrogen (secondary N) is 1. The molecule has 0 atom stereocenters. The van der Waals surface area contributed by atoms with E-state index in [1.54, 1.807) is 19.1 Å². The van der Waals surface area contributed by atoms with Crippen LogP contribution in [0.25, 0.3) is 0 Å². The van der Waals surface area contributed by atoms with Gasteiger partial charge in [-0.1, -0.05) is 0 Å². The second kappa shape index (κ2) is 5.57. The summed E-state index contributed by atoms with van der Waals surface area (Å²) in [5.41, 5.74) is 0.965. The Morgan fingerprint density at radius 3 is 2.63 bits per heavy atom. The number of amides is 1. The van der Waals surface area contributed by atoms with Gasteiger partial charge in [-0.2, -0.15) is 0 Å². The van der Waals surface area contributed by atoms with Crippen molar-refractivity contribution in [3.05, 3.63) is 45.7 Å². The summed E-state index contributed by atoms with van der Waals surface area (Å²) in [6.07, 6.45) is 3.07. The van der Waals surface area contributed by atoms with E-state index in [1.165, 1.54) is 12.4 Å². The third-order valence-corrected chi connectivity index (χ3v) is 3.52. The van der Waals surface area contributed by atoms with Gasteiger partial charge >= 0.3 is 5.97 Å². The summed E-state index contributed by atoms with van der Waals surface area (Å²) in [6.45, 7) is 1.84. The van der Waals surface area contributed by atoms with Crippen molar-refractivity contribution in [3.8, 4) is 0 Å². The van der Waals surface area contributed by atoms with Crippen LogP contribution in [0, 0.1) is 6.92 Å². The van der Waals surface area contributed by atoms with Crippen molar-refractivity contribution in [1.29, 1.82) is 0 Å². The van der Waals surface area contributed by atoms with Gasteiger partial charge in [-0.3, -0.25) is 9.78 Å². The number of carbonyl (C=O) groups is 2. The highest BCUT2D eigenvalue weighted by Gasteiger charge is 2.14. The van der Waals surface area contributed by atoms with Gasteiger partial charge in [-0.25, -0.2) is 9.78 Å². The summed E-state index contributed by atoms with van der Waals surface area (Å²) < 4.78 is 0. The van der Waals surface area contributed by atoms with Crippen LogP contribution < -0.4 is 5.32 Å². The van der Waals surface area contributed by atoms with Crippen LogP contribution in [0.1, 0.15) is 30.7 Å². The molecule has 0 saturated heterocycles. The first-order valence-corrected chi connectivity index (χ1v) is 6.27. The fraction of sp³-hybridized carbons (Fsp3) is 0.167. The third-order valence-electron chi connectivity index (χ3n) is 2.38. The normalized spacial score (nSPS) is 10.2. The highest BCUT2D eigenvalue weighted by Crippen LogP contribution is 2.17. The van der Waals surface area contributed by atoms with Crippen molar-refractivity contribution in [2.75, 3.05) is 0 Å². The predicted octanol–water partition coefficient (Wildman–Crippen LogP) is 1.47. The van der Waals surface area contributed by atoms with Crippen molar-refractivity contribution in [3.63, 3.8) is 0 Å². The Bertz CT molecular complexity index is 610. The van der Waals surface area contributed by atoms with E-state index in [-0.39, 0.29) is 17.3 Å². The van der Waals surface area contributed by atoms with E-state index in [2.05, 4.69) is 15.3 Å². The summed E-state index contributed by atoms with van der Waals surface area (Å²) in [7, 11) is 0. The summed E-state index contributed by atoms with van der Waals surface area (Å²) in [6, 6.07) is 3.20. The molecule has 2 rings (SSSR count). The van der Waals surface area contributed by atoms with Crippen molar-refractivity contribution in [2.45, 2.75) is 13.5 Å². The first kappa shape index (κ1) is 13.2. The van der Waals surface area contributed by atoms with Crippen LogP contribution in [0.2, 0.25) is 0 Å². The summed E-state index contributed by atoms with van der Waals surface area (Å²) in [5.74, 6) is -1.24. The highest BCUT2D eigenvalue weighted by atomic mass is 32.1. The topological polar surface area (TPSA) is 92.2 Å². The molecule has 2 aromatic rings. The predicted molar refractivity (Wildman–Crippen MR) is 69.2 cm³/mol. The maximum absolute atomic E-state index is 11.8. The van der Waals surface area contributed by atoms with Crippen molar-refractivity contribution in [2.24, 2.45) is 0 Å². The van der Waals surface area contributed by atoms with E-state index in [1.807, 2.05) is 0 Å². The van der Waals surface area contributed by atoms with Gasteiger partial charge in [0.05, 0.1) is 12.2 Å². The fourth-order valence-corrected chi connectivity index (χ4v) is 2.33. The lowest BCUT2D eigenvalue weighted by atomic mass is 10.2. The van der Waals surface area contributed by atoms with Crippen LogP contribution in [0.3, 0.4) is 0 Å². The summed E-state index contributed by atoms with van der Waals surface area (Å²) >= 11 is 1.07. The van der Waals surface area contributed by atoms with Gasteiger partial charge in [-0.15, -0.1) is 11.3 Å². The van der Waals surface area contributed by atoms with Gasteiger partial charge in [0.2, 0.25) is 0 Å². The molecule has 1 amide bonds. The molecule has 0 saturated carbocycles. The number of aromatic nitrogens is 2. The van der Waals surface area contributed by atoms with Crippen molar-refractivity contribution >= 4 is 23.2 Å². The molecular formula is C12H11N3O3S. The molecule has 19 heavy (non-hydrogen) atoms. The number of rotatable bonds is 4. The number of aromatic carboxylic acids is 1. The maximum atomic E-state index is 11.8. The average Bonchev–Trinajstić information content (AvgIpc) is 2.78. The van der Waals surface area contributed by atoms with Gasteiger partial charge in [-0.05, 0) is 19.1 Å². The number of aryl methyl sites for hydroxylation is 1. The van der Waals surface area contributed by atoms with Crippen molar-refractivity contribution in [1.82, 2.24) is 15.3 Å². The third kappa shape index (κ3) is 3.14. The minimum atomic E-state index is -0.998.